The molecule has 2 aromatic rings. The molecule has 0 radical (unpaired) electrons. The molecule has 1 heterocycles. The minimum atomic E-state index is -0.272. The highest BCUT2D eigenvalue weighted by molar-refractivity contribution is 6.04. The van der Waals surface area contributed by atoms with Crippen LogP contribution in [0.1, 0.15) is 40.7 Å². The molecule has 28 heavy (non-hydrogen) atoms. The Morgan fingerprint density at radius 1 is 1.14 bits per heavy atom. The number of carbonyl (C=O) groups excluding carboxylic acids is 2. The molecule has 2 amide bonds. The van der Waals surface area contributed by atoms with Crippen LogP contribution < -0.4 is 10.6 Å². The van der Waals surface area contributed by atoms with Gasteiger partial charge in [0.1, 0.15) is 0 Å². The van der Waals surface area contributed by atoms with Gasteiger partial charge in [-0.15, -0.1) is 0 Å². The summed E-state index contributed by atoms with van der Waals surface area (Å²) in [5.41, 5.74) is 2.45. The summed E-state index contributed by atoms with van der Waals surface area (Å²) in [5, 5.41) is 15.1. The second-order valence-electron chi connectivity index (χ2n) is 6.92. The zero-order valence-corrected chi connectivity index (χ0v) is 15.9. The molecular formula is C22H24N4O2. The largest absolute Gasteiger partial charge is 0.341 e. The Morgan fingerprint density at radius 2 is 1.93 bits per heavy atom. The molecule has 1 fully saturated rings. The van der Waals surface area contributed by atoms with Crippen LogP contribution in [0.2, 0.25) is 0 Å². The fourth-order valence-corrected chi connectivity index (χ4v) is 3.27. The highest BCUT2D eigenvalue weighted by Crippen LogP contribution is 2.21. The van der Waals surface area contributed by atoms with Crippen LogP contribution in [0.3, 0.4) is 0 Å². The molecule has 1 atom stereocenters. The number of amides is 2. The molecule has 0 aliphatic carbocycles. The summed E-state index contributed by atoms with van der Waals surface area (Å²) in [7, 11) is 0. The summed E-state index contributed by atoms with van der Waals surface area (Å²) in [5.74, 6) is -0.366. The van der Waals surface area contributed by atoms with Gasteiger partial charge in [-0.1, -0.05) is 18.2 Å². The molecule has 1 aliphatic heterocycles. The van der Waals surface area contributed by atoms with E-state index in [1.165, 1.54) is 0 Å². The highest BCUT2D eigenvalue weighted by atomic mass is 16.2. The van der Waals surface area contributed by atoms with Crippen LogP contribution in [0, 0.1) is 11.3 Å². The second-order valence-corrected chi connectivity index (χ2v) is 6.92. The normalized spacial score (nSPS) is 15.2. The summed E-state index contributed by atoms with van der Waals surface area (Å²) >= 11 is 0. The van der Waals surface area contributed by atoms with E-state index >= 15 is 0 Å². The lowest BCUT2D eigenvalue weighted by molar-refractivity contribution is -0.132. The van der Waals surface area contributed by atoms with Crippen LogP contribution in [0.15, 0.2) is 48.5 Å². The molecule has 2 N–H and O–H groups in total. The molecule has 1 aliphatic rings. The molecule has 3 rings (SSSR count). The third kappa shape index (κ3) is 4.76. The van der Waals surface area contributed by atoms with E-state index in [0.717, 1.165) is 38.2 Å². The van der Waals surface area contributed by atoms with E-state index in [1.54, 1.807) is 36.4 Å². The number of nitrogens with zero attached hydrogens (tertiary/aromatic N) is 2. The highest BCUT2D eigenvalue weighted by Gasteiger charge is 2.22. The van der Waals surface area contributed by atoms with Crippen LogP contribution in [0.5, 0.6) is 0 Å². The Kier molecular flexibility index (Phi) is 6.41. The molecule has 1 saturated heterocycles. The molecule has 144 valence electrons. The Balaban J connectivity index is 1.64. The second kappa shape index (κ2) is 9.16. The van der Waals surface area contributed by atoms with Gasteiger partial charge in [0.2, 0.25) is 5.91 Å². The Labute approximate surface area is 165 Å². The molecule has 0 bridgehead atoms. The topological polar surface area (TPSA) is 85.2 Å². The Bertz CT molecular complexity index is 878. The maximum absolute atomic E-state index is 12.8. The van der Waals surface area contributed by atoms with Gasteiger partial charge < -0.3 is 15.5 Å². The zero-order valence-electron chi connectivity index (χ0n) is 15.9. The fourth-order valence-electron chi connectivity index (χ4n) is 3.27. The summed E-state index contributed by atoms with van der Waals surface area (Å²) in [6, 6.07) is 15.9. The SMILES string of the molecule is CC(C(=O)N1CCCNCC1)c1ccc(NC(=O)c2cccc(C#N)c2)cc1. The quantitative estimate of drug-likeness (QED) is 0.859. The van der Waals surface area contributed by atoms with Crippen LogP contribution in [-0.4, -0.2) is 42.9 Å². The fraction of sp³-hybridized carbons (Fsp3) is 0.318. The number of hydrogen-bond donors (Lipinski definition) is 2. The van der Waals surface area contributed by atoms with Gasteiger partial charge in [-0.2, -0.15) is 5.26 Å². The van der Waals surface area contributed by atoms with Crippen molar-refractivity contribution in [2.24, 2.45) is 0 Å². The number of carbonyl (C=O) groups is 2. The standard InChI is InChI=1S/C22H24N4O2/c1-16(22(28)26-12-3-10-24-11-13-26)18-6-8-20(9-7-18)25-21(27)19-5-2-4-17(14-19)15-23/h2,4-9,14,16,24H,3,10-13H2,1H3,(H,25,27). The van der Waals surface area contributed by atoms with E-state index in [-0.39, 0.29) is 17.7 Å². The summed E-state index contributed by atoms with van der Waals surface area (Å²) in [4.78, 5) is 27.0. The number of nitrogens with one attached hydrogen (secondary N) is 2. The predicted molar refractivity (Wildman–Crippen MR) is 108 cm³/mol. The lowest BCUT2D eigenvalue weighted by atomic mass is 9.99. The maximum Gasteiger partial charge on any atom is 0.255 e. The predicted octanol–water partition coefficient (Wildman–Crippen LogP) is 2.74. The van der Waals surface area contributed by atoms with Crippen molar-refractivity contribution in [1.82, 2.24) is 10.2 Å². The molecule has 2 aromatic carbocycles. The smallest absolute Gasteiger partial charge is 0.255 e. The minimum absolute atomic E-state index is 0.133. The van der Waals surface area contributed by atoms with Gasteiger partial charge in [0.25, 0.3) is 5.91 Å². The van der Waals surface area contributed by atoms with Gasteiger partial charge in [0, 0.05) is 30.9 Å². The number of nitriles is 1. The average Bonchev–Trinajstić information content (AvgIpc) is 3.03. The van der Waals surface area contributed by atoms with Gasteiger partial charge in [-0.05, 0) is 55.8 Å². The Hall–Kier alpha value is -3.17. The average molecular weight is 376 g/mol. The third-order valence-corrected chi connectivity index (χ3v) is 4.94. The van der Waals surface area contributed by atoms with Crippen molar-refractivity contribution < 1.29 is 9.59 Å². The van der Waals surface area contributed by atoms with Crippen molar-refractivity contribution in [2.75, 3.05) is 31.5 Å². The van der Waals surface area contributed by atoms with Crippen molar-refractivity contribution in [3.05, 3.63) is 65.2 Å². The van der Waals surface area contributed by atoms with Crippen molar-refractivity contribution in [2.45, 2.75) is 19.3 Å². The van der Waals surface area contributed by atoms with Crippen LogP contribution in [-0.2, 0) is 4.79 Å². The van der Waals surface area contributed by atoms with E-state index in [0.29, 0.717) is 16.8 Å². The number of hydrogen-bond acceptors (Lipinski definition) is 4. The van der Waals surface area contributed by atoms with Crippen LogP contribution in [0.25, 0.3) is 0 Å². The van der Waals surface area contributed by atoms with Gasteiger partial charge in [-0.25, -0.2) is 0 Å². The van der Waals surface area contributed by atoms with Crippen molar-refractivity contribution in [3.8, 4) is 6.07 Å². The van der Waals surface area contributed by atoms with Crippen molar-refractivity contribution in [3.63, 3.8) is 0 Å². The summed E-state index contributed by atoms with van der Waals surface area (Å²) < 4.78 is 0. The summed E-state index contributed by atoms with van der Waals surface area (Å²) in [6.45, 7) is 5.22. The van der Waals surface area contributed by atoms with Gasteiger partial charge >= 0.3 is 0 Å². The number of anilines is 1. The van der Waals surface area contributed by atoms with Crippen LogP contribution >= 0.6 is 0 Å². The Morgan fingerprint density at radius 3 is 2.68 bits per heavy atom. The lowest BCUT2D eigenvalue weighted by Gasteiger charge is -2.24. The van der Waals surface area contributed by atoms with E-state index in [2.05, 4.69) is 10.6 Å². The molecule has 1 unspecified atom stereocenters. The molecule has 0 aromatic heterocycles. The first-order valence-electron chi connectivity index (χ1n) is 9.49. The first-order chi connectivity index (χ1) is 13.6. The maximum atomic E-state index is 12.8. The first kappa shape index (κ1) is 19.6. The molecular weight excluding hydrogens is 352 g/mol. The van der Waals surface area contributed by atoms with Crippen molar-refractivity contribution >= 4 is 17.5 Å². The van der Waals surface area contributed by atoms with Gasteiger partial charge in [0.05, 0.1) is 17.6 Å². The van der Waals surface area contributed by atoms with E-state index in [1.807, 2.05) is 30.0 Å². The van der Waals surface area contributed by atoms with E-state index < -0.39 is 0 Å². The molecule has 6 nitrogen and oxygen atoms in total. The minimum Gasteiger partial charge on any atom is -0.341 e. The van der Waals surface area contributed by atoms with Crippen LogP contribution in [0.4, 0.5) is 5.69 Å². The van der Waals surface area contributed by atoms with Gasteiger partial charge in [0.15, 0.2) is 0 Å². The lowest BCUT2D eigenvalue weighted by Crippen LogP contribution is -2.36. The number of benzene rings is 2. The first-order valence-corrected chi connectivity index (χ1v) is 9.49. The molecule has 0 saturated carbocycles. The summed E-state index contributed by atoms with van der Waals surface area (Å²) in [6.07, 6.45) is 0.969. The van der Waals surface area contributed by atoms with Gasteiger partial charge in [-0.3, -0.25) is 9.59 Å². The molecule has 6 heteroatoms. The van der Waals surface area contributed by atoms with E-state index in [4.69, 9.17) is 5.26 Å². The van der Waals surface area contributed by atoms with E-state index in [9.17, 15) is 9.59 Å². The third-order valence-electron chi connectivity index (χ3n) is 4.94. The monoisotopic (exact) mass is 376 g/mol. The van der Waals surface area contributed by atoms with Crippen molar-refractivity contribution in [1.29, 1.82) is 5.26 Å². The zero-order chi connectivity index (χ0) is 19.9. The number of rotatable bonds is 4. The molecule has 0 spiro atoms.